The van der Waals surface area contributed by atoms with E-state index in [2.05, 4.69) is 46.5 Å². The van der Waals surface area contributed by atoms with Gasteiger partial charge < -0.3 is 5.11 Å². The zero-order valence-electron chi connectivity index (χ0n) is 13.2. The predicted molar refractivity (Wildman–Crippen MR) is 92.7 cm³/mol. The van der Waals surface area contributed by atoms with Crippen LogP contribution in [-0.2, 0) is 6.54 Å². The number of fused-ring (bicyclic) bond motifs is 1. The molecule has 4 rings (SSSR count). The third-order valence-corrected chi connectivity index (χ3v) is 4.03. The Morgan fingerprint density at radius 3 is 2.71 bits per heavy atom. The monoisotopic (exact) mass is 316 g/mol. The number of hydrogen-bond acceptors (Lipinski definition) is 4. The van der Waals surface area contributed by atoms with Crippen LogP contribution in [0.25, 0.3) is 22.2 Å². The highest BCUT2D eigenvalue weighted by atomic mass is 16.3. The van der Waals surface area contributed by atoms with E-state index in [4.69, 9.17) is 0 Å². The molecular formula is C19H16N4O. The lowest BCUT2D eigenvalue weighted by molar-refractivity contribution is 0.480. The van der Waals surface area contributed by atoms with E-state index < -0.39 is 0 Å². The molecule has 0 saturated carbocycles. The molecule has 0 radical (unpaired) electrons. The van der Waals surface area contributed by atoms with E-state index in [1.807, 2.05) is 29.1 Å². The third kappa shape index (κ3) is 2.60. The number of aromatic nitrogens is 4. The molecule has 0 saturated heterocycles. The van der Waals surface area contributed by atoms with Gasteiger partial charge in [0.15, 0.2) is 0 Å². The Balaban J connectivity index is 1.70. The molecule has 0 aliphatic heterocycles. The molecule has 24 heavy (non-hydrogen) atoms. The van der Waals surface area contributed by atoms with Crippen molar-refractivity contribution in [2.45, 2.75) is 13.5 Å². The number of aromatic hydroxyl groups is 1. The molecule has 5 nitrogen and oxygen atoms in total. The van der Waals surface area contributed by atoms with Gasteiger partial charge in [0.25, 0.3) is 0 Å². The maximum atomic E-state index is 9.96. The number of aryl methyl sites for hydroxylation is 1. The van der Waals surface area contributed by atoms with Gasteiger partial charge in [-0.1, -0.05) is 41.1 Å². The van der Waals surface area contributed by atoms with Crippen LogP contribution in [0.2, 0.25) is 0 Å². The number of rotatable bonds is 3. The molecule has 0 atom stereocenters. The van der Waals surface area contributed by atoms with Crippen molar-refractivity contribution in [1.29, 1.82) is 0 Å². The number of hydrogen-bond donors (Lipinski definition) is 1. The number of benzene rings is 2. The third-order valence-electron chi connectivity index (χ3n) is 4.03. The average Bonchev–Trinajstić information content (AvgIpc) is 3.06. The fourth-order valence-electron chi connectivity index (χ4n) is 2.76. The largest absolute Gasteiger partial charge is 0.506 e. The van der Waals surface area contributed by atoms with E-state index in [-0.39, 0.29) is 5.75 Å². The van der Waals surface area contributed by atoms with Gasteiger partial charge >= 0.3 is 0 Å². The molecular weight excluding hydrogens is 300 g/mol. The normalized spacial score (nSPS) is 11.0. The summed E-state index contributed by atoms with van der Waals surface area (Å²) in [6, 6.07) is 15.6. The predicted octanol–water partition coefficient (Wildman–Crippen LogP) is 3.56. The highest BCUT2D eigenvalue weighted by Gasteiger charge is 2.11. The molecule has 0 unspecified atom stereocenters. The van der Waals surface area contributed by atoms with E-state index in [0.717, 1.165) is 16.6 Å². The maximum absolute atomic E-state index is 9.96. The van der Waals surface area contributed by atoms with Crippen molar-refractivity contribution in [3.8, 4) is 17.0 Å². The van der Waals surface area contributed by atoms with Gasteiger partial charge in [0.05, 0.1) is 12.7 Å². The van der Waals surface area contributed by atoms with Gasteiger partial charge in [0, 0.05) is 17.1 Å². The van der Waals surface area contributed by atoms with Crippen LogP contribution in [0.4, 0.5) is 0 Å². The lowest BCUT2D eigenvalue weighted by atomic mass is 10.1. The molecule has 0 aliphatic rings. The van der Waals surface area contributed by atoms with Crippen molar-refractivity contribution < 1.29 is 5.11 Å². The second-order valence-corrected chi connectivity index (χ2v) is 5.82. The topological polar surface area (TPSA) is 63.8 Å². The quantitative estimate of drug-likeness (QED) is 0.628. The summed E-state index contributed by atoms with van der Waals surface area (Å²) in [5.41, 5.74) is 4.66. The summed E-state index contributed by atoms with van der Waals surface area (Å²) in [7, 11) is 0. The molecule has 0 bridgehead atoms. The Kier molecular flexibility index (Phi) is 3.46. The molecule has 0 fully saturated rings. The number of phenols is 1. The first-order valence-corrected chi connectivity index (χ1v) is 7.73. The zero-order chi connectivity index (χ0) is 16.5. The first kappa shape index (κ1) is 14.4. The lowest BCUT2D eigenvalue weighted by Crippen LogP contribution is -2.00. The second kappa shape index (κ2) is 5.77. The van der Waals surface area contributed by atoms with Crippen LogP contribution in [0, 0.1) is 6.92 Å². The summed E-state index contributed by atoms with van der Waals surface area (Å²) in [5, 5.41) is 19.3. The summed E-state index contributed by atoms with van der Waals surface area (Å²) >= 11 is 0. The Morgan fingerprint density at radius 1 is 1.04 bits per heavy atom. The van der Waals surface area contributed by atoms with Crippen LogP contribution in [0.1, 0.15) is 11.1 Å². The van der Waals surface area contributed by atoms with Gasteiger partial charge in [-0.15, -0.1) is 5.10 Å². The van der Waals surface area contributed by atoms with E-state index in [9.17, 15) is 5.11 Å². The SMILES string of the molecule is Cc1ccc(Cn2cc(-c3ccc(O)c4ncccc34)nn2)cc1. The molecule has 0 aliphatic carbocycles. The maximum Gasteiger partial charge on any atom is 0.141 e. The molecule has 5 heteroatoms. The first-order valence-electron chi connectivity index (χ1n) is 7.73. The van der Waals surface area contributed by atoms with Gasteiger partial charge in [-0.2, -0.15) is 0 Å². The molecule has 0 amide bonds. The average molecular weight is 316 g/mol. The Hall–Kier alpha value is -3.21. The fraction of sp³-hybridized carbons (Fsp3) is 0.105. The smallest absolute Gasteiger partial charge is 0.141 e. The molecule has 2 aromatic heterocycles. The highest BCUT2D eigenvalue weighted by molar-refractivity contribution is 5.96. The summed E-state index contributed by atoms with van der Waals surface area (Å²) in [5.74, 6) is 0.168. The number of pyridine rings is 1. The van der Waals surface area contributed by atoms with Gasteiger partial charge in [-0.3, -0.25) is 4.98 Å². The van der Waals surface area contributed by atoms with Crippen LogP contribution >= 0.6 is 0 Å². The van der Waals surface area contributed by atoms with Gasteiger partial charge in [0.2, 0.25) is 0 Å². The van der Waals surface area contributed by atoms with E-state index in [0.29, 0.717) is 12.1 Å². The van der Waals surface area contributed by atoms with Crippen LogP contribution in [0.5, 0.6) is 5.75 Å². The van der Waals surface area contributed by atoms with Crippen LogP contribution < -0.4 is 0 Å². The summed E-state index contributed by atoms with van der Waals surface area (Å²) in [6.07, 6.45) is 3.58. The van der Waals surface area contributed by atoms with Crippen LogP contribution in [0.15, 0.2) is 60.9 Å². The Labute approximate surface area is 139 Å². The van der Waals surface area contributed by atoms with Crippen molar-refractivity contribution in [2.75, 3.05) is 0 Å². The van der Waals surface area contributed by atoms with E-state index in [1.165, 1.54) is 11.1 Å². The molecule has 0 spiro atoms. The second-order valence-electron chi connectivity index (χ2n) is 5.82. The molecule has 2 heterocycles. The van der Waals surface area contributed by atoms with E-state index >= 15 is 0 Å². The van der Waals surface area contributed by atoms with Crippen molar-refractivity contribution >= 4 is 10.9 Å². The number of nitrogens with zero attached hydrogens (tertiary/aromatic N) is 4. The minimum absolute atomic E-state index is 0.168. The Bertz CT molecular complexity index is 1010. The molecule has 2 aromatic carbocycles. The van der Waals surface area contributed by atoms with Crippen molar-refractivity contribution in [2.24, 2.45) is 0 Å². The number of phenolic OH excluding ortho intramolecular Hbond substituents is 1. The van der Waals surface area contributed by atoms with Crippen LogP contribution in [0.3, 0.4) is 0 Å². The van der Waals surface area contributed by atoms with Crippen molar-refractivity contribution in [3.63, 3.8) is 0 Å². The van der Waals surface area contributed by atoms with Crippen molar-refractivity contribution in [1.82, 2.24) is 20.0 Å². The van der Waals surface area contributed by atoms with Gasteiger partial charge in [-0.05, 0) is 30.7 Å². The summed E-state index contributed by atoms with van der Waals surface area (Å²) < 4.78 is 1.81. The van der Waals surface area contributed by atoms with Gasteiger partial charge in [0.1, 0.15) is 17.0 Å². The minimum atomic E-state index is 0.168. The first-order chi connectivity index (χ1) is 11.7. The minimum Gasteiger partial charge on any atom is -0.506 e. The zero-order valence-corrected chi connectivity index (χ0v) is 13.2. The molecule has 1 N–H and O–H groups in total. The molecule has 118 valence electrons. The summed E-state index contributed by atoms with van der Waals surface area (Å²) in [6.45, 7) is 2.74. The van der Waals surface area contributed by atoms with Gasteiger partial charge in [-0.25, -0.2) is 4.68 Å². The van der Waals surface area contributed by atoms with E-state index in [1.54, 1.807) is 12.3 Å². The molecule has 4 aromatic rings. The standard InChI is InChI=1S/C19H16N4O/c1-13-4-6-14(7-5-13)11-23-12-17(21-22-23)15-8-9-18(24)19-16(15)3-2-10-20-19/h2-10,12,24H,11H2,1H3. The lowest BCUT2D eigenvalue weighted by Gasteiger charge is -2.04. The summed E-state index contributed by atoms with van der Waals surface area (Å²) in [4.78, 5) is 4.24. The fourth-order valence-corrected chi connectivity index (χ4v) is 2.76. The Morgan fingerprint density at radius 2 is 1.88 bits per heavy atom. The van der Waals surface area contributed by atoms with Crippen LogP contribution in [-0.4, -0.2) is 25.1 Å². The van der Waals surface area contributed by atoms with Crippen molar-refractivity contribution in [3.05, 3.63) is 72.1 Å². The highest BCUT2D eigenvalue weighted by Crippen LogP contribution is 2.31.